The SMILES string of the molecule is CCOCCCNC(=O)C1CCN(C(=O)c2cc3ccsc3n2Cc2ccc(Cl)cc2)CC1. The third-order valence-corrected chi connectivity index (χ3v) is 7.30. The summed E-state index contributed by atoms with van der Waals surface area (Å²) in [6, 6.07) is 11.8. The molecule has 1 N–H and O–H groups in total. The lowest BCUT2D eigenvalue weighted by Crippen LogP contribution is -2.43. The number of carbonyl (C=O) groups is 2. The summed E-state index contributed by atoms with van der Waals surface area (Å²) in [5.41, 5.74) is 1.80. The van der Waals surface area contributed by atoms with Gasteiger partial charge in [-0.1, -0.05) is 23.7 Å². The second-order valence-corrected chi connectivity index (χ2v) is 9.66. The van der Waals surface area contributed by atoms with E-state index in [9.17, 15) is 9.59 Å². The van der Waals surface area contributed by atoms with E-state index in [1.165, 1.54) is 0 Å². The van der Waals surface area contributed by atoms with Gasteiger partial charge in [-0.2, -0.15) is 0 Å². The van der Waals surface area contributed by atoms with Crippen LogP contribution in [0.25, 0.3) is 10.2 Å². The van der Waals surface area contributed by atoms with E-state index in [0.29, 0.717) is 63.0 Å². The van der Waals surface area contributed by atoms with Crippen LogP contribution in [-0.2, 0) is 16.1 Å². The number of amides is 2. The summed E-state index contributed by atoms with van der Waals surface area (Å²) in [7, 11) is 0. The summed E-state index contributed by atoms with van der Waals surface area (Å²) in [5, 5.41) is 6.84. The number of hydrogen-bond donors (Lipinski definition) is 1. The van der Waals surface area contributed by atoms with Gasteiger partial charge in [-0.05, 0) is 61.4 Å². The lowest BCUT2D eigenvalue weighted by molar-refractivity contribution is -0.126. The fraction of sp³-hybridized carbons (Fsp3) is 0.440. The van der Waals surface area contributed by atoms with Crippen molar-refractivity contribution in [2.75, 3.05) is 32.8 Å². The van der Waals surface area contributed by atoms with Gasteiger partial charge in [0.05, 0.1) is 0 Å². The molecule has 0 atom stereocenters. The molecule has 1 aliphatic rings. The highest BCUT2D eigenvalue weighted by atomic mass is 35.5. The van der Waals surface area contributed by atoms with Gasteiger partial charge in [0.1, 0.15) is 10.5 Å². The summed E-state index contributed by atoms with van der Waals surface area (Å²) in [5.74, 6) is 0.0821. The average Bonchev–Trinajstić information content (AvgIpc) is 3.42. The molecule has 2 amide bonds. The Morgan fingerprint density at radius 3 is 2.67 bits per heavy atom. The van der Waals surface area contributed by atoms with Crippen molar-refractivity contribution in [3.8, 4) is 0 Å². The Kier molecular flexibility index (Phi) is 8.06. The molecule has 0 saturated carbocycles. The van der Waals surface area contributed by atoms with Gasteiger partial charge in [0.2, 0.25) is 5.91 Å². The third kappa shape index (κ3) is 5.78. The summed E-state index contributed by atoms with van der Waals surface area (Å²) in [4.78, 5) is 28.9. The smallest absolute Gasteiger partial charge is 0.270 e. The number of fused-ring (bicyclic) bond motifs is 1. The molecule has 1 aromatic carbocycles. The Bertz CT molecular complexity index is 1080. The van der Waals surface area contributed by atoms with Gasteiger partial charge in [0.25, 0.3) is 5.91 Å². The zero-order valence-corrected chi connectivity index (χ0v) is 20.5. The number of benzene rings is 1. The van der Waals surface area contributed by atoms with E-state index in [2.05, 4.69) is 21.3 Å². The molecule has 0 bridgehead atoms. The van der Waals surface area contributed by atoms with E-state index in [4.69, 9.17) is 16.3 Å². The second kappa shape index (κ2) is 11.2. The van der Waals surface area contributed by atoms with Crippen LogP contribution in [-0.4, -0.2) is 54.1 Å². The summed E-state index contributed by atoms with van der Waals surface area (Å²) in [6.07, 6.45) is 2.20. The average molecular weight is 488 g/mol. The first-order chi connectivity index (χ1) is 16.1. The lowest BCUT2D eigenvalue weighted by Gasteiger charge is -2.31. The van der Waals surface area contributed by atoms with E-state index in [0.717, 1.165) is 22.2 Å². The first-order valence-electron chi connectivity index (χ1n) is 11.5. The standard InChI is InChI=1S/C25H30ClN3O3S/c1-2-32-14-3-11-27-23(30)19-8-12-28(13-9-19)24(31)22-16-20-10-15-33-25(20)29(22)17-18-4-6-21(26)7-5-18/h4-7,10,15-16,19H,2-3,8-9,11-14,17H2,1H3,(H,27,30). The number of carbonyl (C=O) groups excluding carboxylic acids is 2. The Morgan fingerprint density at radius 1 is 1.18 bits per heavy atom. The number of hydrogen-bond acceptors (Lipinski definition) is 4. The number of thiophene rings is 1. The molecule has 3 heterocycles. The highest BCUT2D eigenvalue weighted by Crippen LogP contribution is 2.28. The van der Waals surface area contributed by atoms with Crippen LogP contribution in [0, 0.1) is 5.92 Å². The number of nitrogens with zero attached hydrogens (tertiary/aromatic N) is 2. The molecule has 2 aromatic heterocycles. The van der Waals surface area contributed by atoms with Gasteiger partial charge in [-0.3, -0.25) is 9.59 Å². The molecule has 1 fully saturated rings. The fourth-order valence-corrected chi connectivity index (χ4v) is 5.29. The highest BCUT2D eigenvalue weighted by molar-refractivity contribution is 7.16. The van der Waals surface area contributed by atoms with Crippen LogP contribution in [0.4, 0.5) is 0 Å². The summed E-state index contributed by atoms with van der Waals surface area (Å²) < 4.78 is 7.41. The van der Waals surface area contributed by atoms with Gasteiger partial charge in [0, 0.05) is 55.7 Å². The molecule has 6 nitrogen and oxygen atoms in total. The van der Waals surface area contributed by atoms with Crippen LogP contribution in [0.2, 0.25) is 5.02 Å². The van der Waals surface area contributed by atoms with Crippen molar-refractivity contribution in [2.24, 2.45) is 5.92 Å². The van der Waals surface area contributed by atoms with E-state index in [-0.39, 0.29) is 17.7 Å². The molecule has 33 heavy (non-hydrogen) atoms. The maximum Gasteiger partial charge on any atom is 0.270 e. The Morgan fingerprint density at radius 2 is 1.94 bits per heavy atom. The van der Waals surface area contributed by atoms with Gasteiger partial charge in [-0.25, -0.2) is 0 Å². The van der Waals surface area contributed by atoms with Crippen LogP contribution in [0.3, 0.4) is 0 Å². The number of nitrogens with one attached hydrogen (secondary N) is 1. The minimum absolute atomic E-state index is 0.0305. The van der Waals surface area contributed by atoms with Crippen molar-refractivity contribution in [1.82, 2.24) is 14.8 Å². The van der Waals surface area contributed by atoms with Crippen molar-refractivity contribution < 1.29 is 14.3 Å². The molecule has 3 aromatic rings. The van der Waals surface area contributed by atoms with Crippen LogP contribution in [0.1, 0.15) is 42.2 Å². The van der Waals surface area contributed by atoms with E-state index in [1.54, 1.807) is 11.3 Å². The van der Waals surface area contributed by atoms with Gasteiger partial charge < -0.3 is 19.5 Å². The molecular weight excluding hydrogens is 458 g/mol. The molecule has 1 saturated heterocycles. The largest absolute Gasteiger partial charge is 0.382 e. The van der Waals surface area contributed by atoms with E-state index < -0.39 is 0 Å². The number of halogens is 1. The molecule has 8 heteroatoms. The fourth-order valence-electron chi connectivity index (χ4n) is 4.26. The zero-order valence-electron chi connectivity index (χ0n) is 18.9. The Hall–Kier alpha value is -2.35. The minimum Gasteiger partial charge on any atom is -0.382 e. The number of rotatable bonds is 9. The lowest BCUT2D eigenvalue weighted by atomic mass is 9.95. The van der Waals surface area contributed by atoms with E-state index >= 15 is 0 Å². The second-order valence-electron chi connectivity index (χ2n) is 8.33. The van der Waals surface area contributed by atoms with Crippen LogP contribution in [0.5, 0.6) is 0 Å². The molecule has 1 aliphatic heterocycles. The molecule has 0 spiro atoms. The normalized spacial score (nSPS) is 14.7. The quantitative estimate of drug-likeness (QED) is 0.441. The van der Waals surface area contributed by atoms with Crippen molar-refractivity contribution in [2.45, 2.75) is 32.7 Å². The topological polar surface area (TPSA) is 63.6 Å². The monoisotopic (exact) mass is 487 g/mol. The van der Waals surface area contributed by atoms with Crippen molar-refractivity contribution in [3.05, 3.63) is 58.1 Å². The Labute approximate surface area is 203 Å². The molecule has 0 unspecified atom stereocenters. The maximum atomic E-state index is 13.5. The maximum absolute atomic E-state index is 13.5. The third-order valence-electron chi connectivity index (χ3n) is 6.10. The van der Waals surface area contributed by atoms with Crippen LogP contribution < -0.4 is 5.32 Å². The molecule has 0 radical (unpaired) electrons. The van der Waals surface area contributed by atoms with Gasteiger partial charge in [0.15, 0.2) is 0 Å². The van der Waals surface area contributed by atoms with Gasteiger partial charge >= 0.3 is 0 Å². The molecule has 4 rings (SSSR count). The first kappa shape index (κ1) is 23.8. The first-order valence-corrected chi connectivity index (χ1v) is 12.8. The molecular formula is C25H30ClN3O3S. The van der Waals surface area contributed by atoms with Crippen LogP contribution in [0.15, 0.2) is 41.8 Å². The number of aromatic nitrogens is 1. The molecule has 0 aliphatic carbocycles. The van der Waals surface area contributed by atoms with Crippen molar-refractivity contribution in [1.29, 1.82) is 0 Å². The van der Waals surface area contributed by atoms with Crippen molar-refractivity contribution in [3.63, 3.8) is 0 Å². The summed E-state index contributed by atoms with van der Waals surface area (Å²) in [6.45, 7) is 5.75. The number of piperidine rings is 1. The van der Waals surface area contributed by atoms with Gasteiger partial charge in [-0.15, -0.1) is 11.3 Å². The number of ether oxygens (including phenoxy) is 1. The summed E-state index contributed by atoms with van der Waals surface area (Å²) >= 11 is 7.68. The van der Waals surface area contributed by atoms with E-state index in [1.807, 2.05) is 42.2 Å². The minimum atomic E-state index is -0.0366. The van der Waals surface area contributed by atoms with Crippen molar-refractivity contribution >= 4 is 45.0 Å². The Balaban J connectivity index is 1.39. The predicted molar refractivity (Wildman–Crippen MR) is 133 cm³/mol. The predicted octanol–water partition coefficient (Wildman–Crippen LogP) is 4.80. The molecule has 176 valence electrons. The van der Waals surface area contributed by atoms with Crippen LogP contribution >= 0.6 is 22.9 Å². The highest BCUT2D eigenvalue weighted by Gasteiger charge is 2.29. The zero-order chi connectivity index (χ0) is 23.2. The number of likely N-dealkylation sites (tertiary alicyclic amines) is 1.